The zero-order valence-electron chi connectivity index (χ0n) is 14.6. The van der Waals surface area contributed by atoms with Crippen LogP contribution in [0.25, 0.3) is 0 Å². The van der Waals surface area contributed by atoms with Crippen LogP contribution in [0.2, 0.25) is 0 Å². The molecule has 7 nitrogen and oxygen atoms in total. The number of non-ortho nitro benzene ring substituents is 1. The van der Waals surface area contributed by atoms with Crippen molar-refractivity contribution in [2.45, 2.75) is 25.7 Å². The van der Waals surface area contributed by atoms with Gasteiger partial charge in [-0.3, -0.25) is 19.7 Å². The number of nitrogens with zero attached hydrogens (tertiary/aromatic N) is 1. The average Bonchev–Trinajstić information content (AvgIpc) is 2.65. The Bertz CT molecular complexity index is 882. The van der Waals surface area contributed by atoms with Crippen LogP contribution in [-0.4, -0.2) is 22.8 Å². The van der Waals surface area contributed by atoms with E-state index >= 15 is 0 Å². The predicted octanol–water partition coefficient (Wildman–Crippen LogP) is 3.05. The first-order valence-electron chi connectivity index (χ1n) is 8.07. The lowest BCUT2D eigenvalue weighted by Gasteiger charge is -2.14. The molecule has 0 fully saturated rings. The Morgan fingerprint density at radius 3 is 2.36 bits per heavy atom. The number of nitro groups is 1. The molecule has 148 valence electrons. The largest absolute Gasteiger partial charge is 0.416 e. The highest BCUT2D eigenvalue weighted by molar-refractivity contribution is 5.97. The van der Waals surface area contributed by atoms with Crippen molar-refractivity contribution in [2.24, 2.45) is 0 Å². The second-order valence-electron chi connectivity index (χ2n) is 5.92. The van der Waals surface area contributed by atoms with E-state index in [1.807, 2.05) is 0 Å². The summed E-state index contributed by atoms with van der Waals surface area (Å²) in [7, 11) is 0. The van der Waals surface area contributed by atoms with Gasteiger partial charge in [0.05, 0.1) is 10.5 Å². The number of alkyl halides is 3. The molecule has 1 atom stereocenters. The van der Waals surface area contributed by atoms with Gasteiger partial charge in [-0.15, -0.1) is 0 Å². The molecule has 0 aromatic heterocycles. The molecule has 2 aromatic rings. The number of benzene rings is 2. The quantitative estimate of drug-likeness (QED) is 0.580. The summed E-state index contributed by atoms with van der Waals surface area (Å²) < 4.78 is 37.6. The van der Waals surface area contributed by atoms with E-state index in [0.29, 0.717) is 5.56 Å². The van der Waals surface area contributed by atoms with Crippen LogP contribution >= 0.6 is 0 Å². The van der Waals surface area contributed by atoms with Crippen molar-refractivity contribution in [1.82, 2.24) is 10.6 Å². The van der Waals surface area contributed by atoms with E-state index in [2.05, 4.69) is 10.6 Å². The molecule has 0 spiro atoms. The van der Waals surface area contributed by atoms with Crippen LogP contribution in [0.5, 0.6) is 0 Å². The van der Waals surface area contributed by atoms with Crippen molar-refractivity contribution in [1.29, 1.82) is 0 Å². The van der Waals surface area contributed by atoms with E-state index in [4.69, 9.17) is 0 Å². The number of carbonyl (C=O) groups is 2. The Balaban J connectivity index is 1.91. The lowest BCUT2D eigenvalue weighted by atomic mass is 10.1. The highest BCUT2D eigenvalue weighted by Gasteiger charge is 2.29. The fraction of sp³-hybridized carbons (Fsp3) is 0.222. The van der Waals surface area contributed by atoms with E-state index < -0.39 is 34.5 Å². The van der Waals surface area contributed by atoms with Crippen LogP contribution in [0.15, 0.2) is 48.5 Å². The van der Waals surface area contributed by atoms with Gasteiger partial charge in [-0.2, -0.15) is 13.2 Å². The number of hydrogen-bond acceptors (Lipinski definition) is 4. The molecule has 2 rings (SSSR count). The van der Waals surface area contributed by atoms with Crippen molar-refractivity contribution in [3.05, 3.63) is 75.3 Å². The lowest BCUT2D eigenvalue weighted by molar-refractivity contribution is -0.384. The van der Waals surface area contributed by atoms with Gasteiger partial charge >= 0.3 is 6.18 Å². The molecular formula is C18H16F3N3O4. The van der Waals surface area contributed by atoms with Gasteiger partial charge < -0.3 is 10.6 Å². The minimum absolute atomic E-state index is 0.0199. The van der Waals surface area contributed by atoms with Crippen molar-refractivity contribution in [2.75, 3.05) is 0 Å². The van der Waals surface area contributed by atoms with Gasteiger partial charge in [-0.05, 0) is 30.7 Å². The molecule has 0 aliphatic carbocycles. The Morgan fingerprint density at radius 2 is 1.79 bits per heavy atom. The monoisotopic (exact) mass is 395 g/mol. The summed E-state index contributed by atoms with van der Waals surface area (Å²) in [4.78, 5) is 34.3. The molecule has 0 radical (unpaired) electrons. The highest BCUT2D eigenvalue weighted by Crippen LogP contribution is 2.29. The third-order valence-corrected chi connectivity index (χ3v) is 3.81. The van der Waals surface area contributed by atoms with Gasteiger partial charge in [0.1, 0.15) is 6.04 Å². The average molecular weight is 395 g/mol. The Kier molecular flexibility index (Phi) is 6.34. The van der Waals surface area contributed by atoms with Gasteiger partial charge in [0.2, 0.25) is 5.91 Å². The maximum atomic E-state index is 12.5. The number of amides is 2. The van der Waals surface area contributed by atoms with E-state index in [9.17, 15) is 32.9 Å². The Morgan fingerprint density at radius 1 is 1.14 bits per heavy atom. The molecule has 0 aliphatic rings. The summed E-state index contributed by atoms with van der Waals surface area (Å²) in [5.74, 6) is -1.22. The van der Waals surface area contributed by atoms with Gasteiger partial charge in [0.15, 0.2) is 0 Å². The first-order valence-corrected chi connectivity index (χ1v) is 8.07. The van der Waals surface area contributed by atoms with Crippen molar-refractivity contribution < 1.29 is 27.7 Å². The molecule has 0 aliphatic heterocycles. The zero-order valence-corrected chi connectivity index (χ0v) is 14.6. The van der Waals surface area contributed by atoms with Crippen molar-refractivity contribution in [3.8, 4) is 0 Å². The molecule has 0 saturated carbocycles. The number of hydrogen-bond donors (Lipinski definition) is 2. The van der Waals surface area contributed by atoms with Crippen LogP contribution in [0.4, 0.5) is 18.9 Å². The number of nitrogens with one attached hydrogen (secondary N) is 2. The van der Waals surface area contributed by atoms with Crippen molar-refractivity contribution >= 4 is 17.5 Å². The maximum Gasteiger partial charge on any atom is 0.416 e. The molecule has 0 heterocycles. The summed E-state index contributed by atoms with van der Waals surface area (Å²) in [5.41, 5.74) is -0.567. The van der Waals surface area contributed by atoms with Crippen LogP contribution in [0.3, 0.4) is 0 Å². The molecular weight excluding hydrogens is 379 g/mol. The summed E-state index contributed by atoms with van der Waals surface area (Å²) >= 11 is 0. The zero-order chi connectivity index (χ0) is 20.9. The standard InChI is InChI=1S/C18H16F3N3O4/c1-11(23-17(26)13-3-2-4-15(9-13)24(27)28)16(25)22-10-12-5-7-14(8-6-12)18(19,20)21/h2-9,11H,10H2,1H3,(H,22,25)(H,23,26)/t11-/m0/s1. The minimum atomic E-state index is -4.44. The molecule has 0 bridgehead atoms. The SMILES string of the molecule is C[C@H](NC(=O)c1cccc([N+](=O)[O-])c1)C(=O)NCc1ccc(C(F)(F)F)cc1. The second kappa shape index (κ2) is 8.51. The lowest BCUT2D eigenvalue weighted by Crippen LogP contribution is -2.44. The summed E-state index contributed by atoms with van der Waals surface area (Å²) in [6.45, 7) is 1.39. The van der Waals surface area contributed by atoms with Gasteiger partial charge in [0.25, 0.3) is 11.6 Å². The topological polar surface area (TPSA) is 101 Å². The van der Waals surface area contributed by atoms with Crippen molar-refractivity contribution in [3.63, 3.8) is 0 Å². The highest BCUT2D eigenvalue weighted by atomic mass is 19.4. The van der Waals surface area contributed by atoms with Crippen LogP contribution in [0, 0.1) is 10.1 Å². The van der Waals surface area contributed by atoms with Gasteiger partial charge in [-0.25, -0.2) is 0 Å². The molecule has 2 aromatic carbocycles. The maximum absolute atomic E-state index is 12.5. The van der Waals surface area contributed by atoms with Crippen LogP contribution in [0.1, 0.15) is 28.4 Å². The molecule has 0 unspecified atom stereocenters. The molecule has 2 N–H and O–H groups in total. The Labute approximate surface area is 157 Å². The first kappa shape index (κ1) is 20.9. The van der Waals surface area contributed by atoms with E-state index in [-0.39, 0.29) is 17.8 Å². The fourth-order valence-corrected chi connectivity index (χ4v) is 2.26. The van der Waals surface area contributed by atoms with E-state index in [0.717, 1.165) is 18.2 Å². The normalized spacial score (nSPS) is 12.1. The second-order valence-corrected chi connectivity index (χ2v) is 5.92. The number of halogens is 3. The summed E-state index contributed by atoms with van der Waals surface area (Å²) in [5, 5.41) is 15.7. The predicted molar refractivity (Wildman–Crippen MR) is 93.3 cm³/mol. The third-order valence-electron chi connectivity index (χ3n) is 3.81. The van der Waals surface area contributed by atoms with Gasteiger partial charge in [0, 0.05) is 24.2 Å². The fourth-order valence-electron chi connectivity index (χ4n) is 2.26. The summed E-state index contributed by atoms with van der Waals surface area (Å²) in [6, 6.07) is 8.40. The number of carbonyl (C=O) groups excluding carboxylic acids is 2. The third kappa shape index (κ3) is 5.53. The van der Waals surface area contributed by atoms with E-state index in [1.165, 1.54) is 37.3 Å². The smallest absolute Gasteiger partial charge is 0.350 e. The van der Waals surface area contributed by atoms with Gasteiger partial charge in [-0.1, -0.05) is 18.2 Å². The minimum Gasteiger partial charge on any atom is -0.350 e. The van der Waals surface area contributed by atoms with Crippen LogP contribution in [-0.2, 0) is 17.5 Å². The number of nitro benzene ring substituents is 1. The first-order chi connectivity index (χ1) is 13.1. The van der Waals surface area contributed by atoms with E-state index in [1.54, 1.807) is 0 Å². The molecule has 10 heteroatoms. The molecule has 2 amide bonds. The summed E-state index contributed by atoms with van der Waals surface area (Å²) in [6.07, 6.45) is -4.44. The molecule has 28 heavy (non-hydrogen) atoms. The van der Waals surface area contributed by atoms with Crippen LogP contribution < -0.4 is 10.6 Å². The number of rotatable bonds is 6. The Hall–Kier alpha value is -3.43. The molecule has 0 saturated heterocycles.